The topological polar surface area (TPSA) is 49.4 Å². The van der Waals surface area contributed by atoms with E-state index in [0.29, 0.717) is 13.1 Å². The number of hydrogen-bond acceptors (Lipinski definition) is 2. The van der Waals surface area contributed by atoms with E-state index in [-0.39, 0.29) is 6.04 Å². The van der Waals surface area contributed by atoms with Gasteiger partial charge in [0.2, 0.25) is 0 Å². The van der Waals surface area contributed by atoms with E-state index < -0.39 is 10.2 Å². The first-order valence-electron chi connectivity index (χ1n) is 6.96. The van der Waals surface area contributed by atoms with Crippen LogP contribution in [0.2, 0.25) is 0 Å². The average Bonchev–Trinajstić information content (AvgIpc) is 2.58. The highest BCUT2D eigenvalue weighted by Gasteiger charge is 2.26. The molecule has 4 nitrogen and oxygen atoms in total. The average molecular weight is 260 g/mol. The molecule has 1 saturated carbocycles. The Bertz CT molecular complexity index is 315. The molecule has 2 aliphatic rings. The van der Waals surface area contributed by atoms with E-state index >= 15 is 0 Å². The SMILES string of the molecule is O=S(=O)(NC1CCCCC1)N1CCCCCC1. The van der Waals surface area contributed by atoms with Gasteiger partial charge in [0, 0.05) is 19.1 Å². The van der Waals surface area contributed by atoms with Crippen LogP contribution in [0.1, 0.15) is 57.8 Å². The maximum atomic E-state index is 12.2. The van der Waals surface area contributed by atoms with Crippen molar-refractivity contribution in [3.8, 4) is 0 Å². The van der Waals surface area contributed by atoms with Crippen molar-refractivity contribution in [2.45, 2.75) is 63.8 Å². The van der Waals surface area contributed by atoms with Crippen molar-refractivity contribution in [2.75, 3.05) is 13.1 Å². The summed E-state index contributed by atoms with van der Waals surface area (Å²) in [4.78, 5) is 0. The number of nitrogens with zero attached hydrogens (tertiary/aromatic N) is 1. The van der Waals surface area contributed by atoms with Gasteiger partial charge in [0.05, 0.1) is 0 Å². The lowest BCUT2D eigenvalue weighted by Gasteiger charge is -2.27. The summed E-state index contributed by atoms with van der Waals surface area (Å²) in [5, 5.41) is 0. The Morgan fingerprint density at radius 3 is 1.94 bits per heavy atom. The number of rotatable bonds is 3. The zero-order chi connectivity index (χ0) is 12.1. The maximum Gasteiger partial charge on any atom is 0.279 e. The fourth-order valence-electron chi connectivity index (χ4n) is 2.79. The number of nitrogens with one attached hydrogen (secondary N) is 1. The lowest BCUT2D eigenvalue weighted by atomic mass is 9.96. The molecule has 1 heterocycles. The predicted molar refractivity (Wildman–Crippen MR) is 69.0 cm³/mol. The number of hydrogen-bond donors (Lipinski definition) is 1. The van der Waals surface area contributed by atoms with Crippen LogP contribution in [0.3, 0.4) is 0 Å². The molecule has 1 aliphatic heterocycles. The Balaban J connectivity index is 1.91. The van der Waals surface area contributed by atoms with Gasteiger partial charge < -0.3 is 0 Å². The molecule has 0 spiro atoms. The van der Waals surface area contributed by atoms with Crippen molar-refractivity contribution < 1.29 is 8.42 Å². The Morgan fingerprint density at radius 1 is 0.824 bits per heavy atom. The molecule has 0 radical (unpaired) electrons. The van der Waals surface area contributed by atoms with Crippen molar-refractivity contribution in [1.82, 2.24) is 9.03 Å². The summed E-state index contributed by atoms with van der Waals surface area (Å²) in [5.74, 6) is 0. The Hall–Kier alpha value is -0.130. The zero-order valence-electron chi connectivity index (χ0n) is 10.5. The van der Waals surface area contributed by atoms with Crippen LogP contribution in [-0.4, -0.2) is 31.9 Å². The second-order valence-electron chi connectivity index (χ2n) is 5.27. The Labute approximate surface area is 105 Å². The van der Waals surface area contributed by atoms with E-state index in [1.165, 1.54) is 6.42 Å². The van der Waals surface area contributed by atoms with Gasteiger partial charge in [0.1, 0.15) is 0 Å². The van der Waals surface area contributed by atoms with Gasteiger partial charge in [-0.25, -0.2) is 0 Å². The maximum absolute atomic E-state index is 12.2. The fraction of sp³-hybridized carbons (Fsp3) is 1.00. The van der Waals surface area contributed by atoms with Crippen LogP contribution in [0.15, 0.2) is 0 Å². The van der Waals surface area contributed by atoms with Crippen LogP contribution < -0.4 is 4.72 Å². The largest absolute Gasteiger partial charge is 0.279 e. The molecule has 0 amide bonds. The Morgan fingerprint density at radius 2 is 1.35 bits per heavy atom. The first-order valence-corrected chi connectivity index (χ1v) is 8.40. The predicted octanol–water partition coefficient (Wildman–Crippen LogP) is 2.03. The van der Waals surface area contributed by atoms with E-state index in [2.05, 4.69) is 4.72 Å². The molecular weight excluding hydrogens is 236 g/mol. The van der Waals surface area contributed by atoms with Crippen molar-refractivity contribution in [2.24, 2.45) is 0 Å². The van der Waals surface area contributed by atoms with E-state index in [4.69, 9.17) is 0 Å². The highest BCUT2D eigenvalue weighted by molar-refractivity contribution is 7.87. The van der Waals surface area contributed by atoms with Crippen LogP contribution in [0, 0.1) is 0 Å². The van der Waals surface area contributed by atoms with Gasteiger partial charge in [-0.2, -0.15) is 17.4 Å². The molecule has 0 aromatic rings. The van der Waals surface area contributed by atoms with Gasteiger partial charge in [0.15, 0.2) is 0 Å². The molecule has 1 N–H and O–H groups in total. The van der Waals surface area contributed by atoms with Crippen LogP contribution in [0.5, 0.6) is 0 Å². The minimum atomic E-state index is -3.22. The van der Waals surface area contributed by atoms with Crippen molar-refractivity contribution in [1.29, 1.82) is 0 Å². The van der Waals surface area contributed by atoms with Gasteiger partial charge in [-0.05, 0) is 25.7 Å². The van der Waals surface area contributed by atoms with Gasteiger partial charge in [-0.3, -0.25) is 0 Å². The molecule has 5 heteroatoms. The quantitative estimate of drug-likeness (QED) is 0.844. The van der Waals surface area contributed by atoms with Gasteiger partial charge in [-0.1, -0.05) is 32.1 Å². The highest BCUT2D eigenvalue weighted by Crippen LogP contribution is 2.19. The molecule has 0 aromatic carbocycles. The summed E-state index contributed by atoms with van der Waals surface area (Å²) in [6, 6.07) is 0.178. The third-order valence-electron chi connectivity index (χ3n) is 3.83. The molecule has 1 aliphatic carbocycles. The van der Waals surface area contributed by atoms with Gasteiger partial charge >= 0.3 is 0 Å². The molecule has 17 heavy (non-hydrogen) atoms. The molecule has 1 saturated heterocycles. The van der Waals surface area contributed by atoms with Crippen molar-refractivity contribution in [3.05, 3.63) is 0 Å². The van der Waals surface area contributed by atoms with Crippen LogP contribution in [0.4, 0.5) is 0 Å². The molecule has 0 aromatic heterocycles. The molecule has 0 atom stereocenters. The summed E-state index contributed by atoms with van der Waals surface area (Å²) in [5.41, 5.74) is 0. The minimum Gasteiger partial charge on any atom is -0.199 e. The lowest BCUT2D eigenvalue weighted by Crippen LogP contribution is -2.46. The highest BCUT2D eigenvalue weighted by atomic mass is 32.2. The normalized spacial score (nSPS) is 25.6. The monoisotopic (exact) mass is 260 g/mol. The van der Waals surface area contributed by atoms with Crippen LogP contribution in [0.25, 0.3) is 0 Å². The summed E-state index contributed by atoms with van der Waals surface area (Å²) < 4.78 is 29.0. The van der Waals surface area contributed by atoms with E-state index in [1.54, 1.807) is 4.31 Å². The third kappa shape index (κ3) is 3.93. The molecule has 0 bridgehead atoms. The molecule has 0 unspecified atom stereocenters. The molecule has 2 fully saturated rings. The van der Waals surface area contributed by atoms with E-state index in [9.17, 15) is 8.42 Å². The fourth-order valence-corrected chi connectivity index (χ4v) is 4.33. The second kappa shape index (κ2) is 6.16. The summed E-state index contributed by atoms with van der Waals surface area (Å²) in [7, 11) is -3.22. The van der Waals surface area contributed by atoms with Crippen molar-refractivity contribution in [3.63, 3.8) is 0 Å². The van der Waals surface area contributed by atoms with Gasteiger partial charge in [-0.15, -0.1) is 0 Å². The first kappa shape index (κ1) is 13.3. The van der Waals surface area contributed by atoms with Crippen molar-refractivity contribution >= 4 is 10.2 Å². The molecule has 100 valence electrons. The third-order valence-corrected chi connectivity index (χ3v) is 5.50. The van der Waals surface area contributed by atoms with Crippen LogP contribution >= 0.6 is 0 Å². The lowest BCUT2D eigenvalue weighted by molar-refractivity contribution is 0.376. The van der Waals surface area contributed by atoms with E-state index in [0.717, 1.165) is 51.4 Å². The zero-order valence-corrected chi connectivity index (χ0v) is 11.3. The second-order valence-corrected chi connectivity index (χ2v) is 6.97. The summed E-state index contributed by atoms with van der Waals surface area (Å²) in [6.45, 7) is 1.39. The van der Waals surface area contributed by atoms with Gasteiger partial charge in [0.25, 0.3) is 10.2 Å². The minimum absolute atomic E-state index is 0.178. The standard InChI is InChI=1S/C12H24N2O2S/c15-17(16,13-12-8-4-3-5-9-12)14-10-6-1-2-7-11-14/h12-13H,1-11H2. The Kier molecular flexibility index (Phi) is 4.82. The smallest absolute Gasteiger partial charge is 0.199 e. The summed E-state index contributed by atoms with van der Waals surface area (Å²) >= 11 is 0. The summed E-state index contributed by atoms with van der Waals surface area (Å²) in [6.07, 6.45) is 9.92. The molecular formula is C12H24N2O2S. The first-order chi connectivity index (χ1) is 8.18. The van der Waals surface area contributed by atoms with E-state index in [1.807, 2.05) is 0 Å². The molecule has 2 rings (SSSR count). The van der Waals surface area contributed by atoms with Crippen LogP contribution in [-0.2, 0) is 10.2 Å².